The number of imidazole rings is 1. The van der Waals surface area contributed by atoms with Crippen LogP contribution in [0.1, 0.15) is 26.7 Å². The minimum atomic E-state index is -0.384. The predicted octanol–water partition coefficient (Wildman–Crippen LogP) is 4.15. The summed E-state index contributed by atoms with van der Waals surface area (Å²) in [6, 6.07) is 22.0. The molecule has 0 saturated heterocycles. The Bertz CT molecular complexity index is 1170. The molecule has 2 N–H and O–H groups in total. The van der Waals surface area contributed by atoms with Crippen molar-refractivity contribution in [2.75, 3.05) is 10.6 Å². The molecule has 4 rings (SSSR count). The molecule has 0 saturated carbocycles. The second kappa shape index (κ2) is 7.36. The van der Waals surface area contributed by atoms with Crippen LogP contribution in [0.3, 0.4) is 0 Å². The largest absolute Gasteiger partial charge is 0.321 e. The van der Waals surface area contributed by atoms with Crippen LogP contribution in [0, 0.1) is 6.92 Å². The van der Waals surface area contributed by atoms with Crippen molar-refractivity contribution in [2.45, 2.75) is 6.92 Å². The van der Waals surface area contributed by atoms with Gasteiger partial charge in [0.1, 0.15) is 0 Å². The van der Waals surface area contributed by atoms with Crippen LogP contribution >= 0.6 is 0 Å². The minimum absolute atomic E-state index is 0.148. The average molecular weight is 370 g/mol. The number of hydrogen-bond donors (Lipinski definition) is 2. The number of carbonyl (C=O) groups is 2. The zero-order valence-corrected chi connectivity index (χ0v) is 15.2. The Hall–Kier alpha value is -3.93. The Morgan fingerprint density at radius 3 is 2.32 bits per heavy atom. The van der Waals surface area contributed by atoms with Gasteiger partial charge in [-0.3, -0.25) is 14.0 Å². The molecule has 0 unspecified atom stereocenters. The number of aryl methyl sites for hydroxylation is 1. The number of fused-ring (bicyclic) bond motifs is 1. The molecule has 6 nitrogen and oxygen atoms in total. The number of pyridine rings is 1. The van der Waals surface area contributed by atoms with E-state index in [4.69, 9.17) is 0 Å². The number of nitrogens with zero attached hydrogens (tertiary/aromatic N) is 2. The van der Waals surface area contributed by atoms with E-state index in [2.05, 4.69) is 15.6 Å². The first-order valence-corrected chi connectivity index (χ1v) is 8.83. The lowest BCUT2D eigenvalue weighted by Crippen LogP contribution is -2.16. The molecular formula is C22H18N4O2. The number of anilines is 2. The first-order valence-electron chi connectivity index (χ1n) is 8.83. The van der Waals surface area contributed by atoms with Crippen LogP contribution < -0.4 is 10.6 Å². The fourth-order valence-electron chi connectivity index (χ4n) is 2.99. The molecular weight excluding hydrogens is 352 g/mol. The first kappa shape index (κ1) is 17.5. The highest BCUT2D eigenvalue weighted by Crippen LogP contribution is 2.17. The summed E-state index contributed by atoms with van der Waals surface area (Å²) in [7, 11) is 0. The summed E-state index contributed by atoms with van der Waals surface area (Å²) in [5.41, 5.74) is 3.13. The van der Waals surface area contributed by atoms with E-state index >= 15 is 0 Å². The highest BCUT2D eigenvalue weighted by Gasteiger charge is 2.21. The van der Waals surface area contributed by atoms with Gasteiger partial charge in [-0.1, -0.05) is 36.4 Å². The predicted molar refractivity (Wildman–Crippen MR) is 109 cm³/mol. The third-order valence-electron chi connectivity index (χ3n) is 4.27. The van der Waals surface area contributed by atoms with Crippen LogP contribution in [0.5, 0.6) is 0 Å². The van der Waals surface area contributed by atoms with Crippen LogP contribution in [0.25, 0.3) is 5.52 Å². The lowest BCUT2D eigenvalue weighted by Gasteiger charge is -2.05. The van der Waals surface area contributed by atoms with Crippen LogP contribution in [0.2, 0.25) is 0 Å². The van der Waals surface area contributed by atoms with Crippen LogP contribution in [0.15, 0.2) is 79.0 Å². The summed E-state index contributed by atoms with van der Waals surface area (Å²) in [5, 5.41) is 5.65. The van der Waals surface area contributed by atoms with Gasteiger partial charge in [0.05, 0.1) is 5.52 Å². The van der Waals surface area contributed by atoms with E-state index in [0.717, 1.165) is 5.56 Å². The lowest BCUT2D eigenvalue weighted by atomic mass is 10.2. The molecule has 6 heteroatoms. The molecule has 138 valence electrons. The van der Waals surface area contributed by atoms with Gasteiger partial charge in [-0.05, 0) is 48.9 Å². The van der Waals surface area contributed by atoms with Crippen molar-refractivity contribution >= 4 is 28.7 Å². The SMILES string of the molecule is Cc1cccc(NC(=O)c2nc(C(=O)Nc3ccccc3)c3ccccn23)c1. The van der Waals surface area contributed by atoms with Crippen molar-refractivity contribution in [2.24, 2.45) is 0 Å². The molecule has 0 bridgehead atoms. The summed E-state index contributed by atoms with van der Waals surface area (Å²) in [6.07, 6.45) is 1.72. The van der Waals surface area contributed by atoms with Crippen molar-refractivity contribution in [1.82, 2.24) is 9.38 Å². The molecule has 0 atom stereocenters. The van der Waals surface area contributed by atoms with Crippen molar-refractivity contribution in [3.8, 4) is 0 Å². The summed E-state index contributed by atoms with van der Waals surface area (Å²) in [5.74, 6) is -0.606. The first-order chi connectivity index (χ1) is 13.6. The Morgan fingerprint density at radius 2 is 1.54 bits per heavy atom. The molecule has 0 radical (unpaired) electrons. The molecule has 2 amide bonds. The van der Waals surface area contributed by atoms with Gasteiger partial charge in [-0.2, -0.15) is 0 Å². The van der Waals surface area contributed by atoms with Gasteiger partial charge in [0.15, 0.2) is 5.69 Å². The van der Waals surface area contributed by atoms with E-state index in [1.165, 1.54) is 0 Å². The molecule has 0 aliphatic heterocycles. The van der Waals surface area contributed by atoms with Crippen LogP contribution in [0.4, 0.5) is 11.4 Å². The zero-order valence-electron chi connectivity index (χ0n) is 15.2. The molecule has 0 fully saturated rings. The van der Waals surface area contributed by atoms with Gasteiger partial charge in [-0.25, -0.2) is 4.98 Å². The molecule has 28 heavy (non-hydrogen) atoms. The number of amides is 2. The van der Waals surface area contributed by atoms with Gasteiger partial charge >= 0.3 is 0 Å². The van der Waals surface area contributed by atoms with E-state index in [1.807, 2.05) is 49.4 Å². The van der Waals surface area contributed by atoms with Gasteiger partial charge in [-0.15, -0.1) is 0 Å². The molecule has 0 aliphatic carbocycles. The number of rotatable bonds is 4. The fourth-order valence-corrected chi connectivity index (χ4v) is 2.99. The van der Waals surface area contributed by atoms with E-state index in [1.54, 1.807) is 40.9 Å². The van der Waals surface area contributed by atoms with E-state index in [9.17, 15) is 9.59 Å². The molecule has 4 aromatic rings. The smallest absolute Gasteiger partial charge is 0.292 e. The zero-order chi connectivity index (χ0) is 19.5. The maximum Gasteiger partial charge on any atom is 0.292 e. The van der Waals surface area contributed by atoms with E-state index < -0.39 is 0 Å². The lowest BCUT2D eigenvalue weighted by molar-refractivity contribution is 0.101. The molecule has 2 heterocycles. The van der Waals surface area contributed by atoms with E-state index in [0.29, 0.717) is 16.9 Å². The van der Waals surface area contributed by atoms with Gasteiger partial charge in [0.25, 0.3) is 11.8 Å². The number of nitrogens with one attached hydrogen (secondary N) is 2. The normalized spacial score (nSPS) is 10.6. The fraction of sp³-hybridized carbons (Fsp3) is 0.0455. The molecule has 0 spiro atoms. The number of hydrogen-bond acceptors (Lipinski definition) is 3. The van der Waals surface area contributed by atoms with Crippen LogP contribution in [-0.4, -0.2) is 21.2 Å². The van der Waals surface area contributed by atoms with Gasteiger partial charge < -0.3 is 10.6 Å². The minimum Gasteiger partial charge on any atom is -0.321 e. The third-order valence-corrected chi connectivity index (χ3v) is 4.27. The van der Waals surface area contributed by atoms with Crippen molar-refractivity contribution in [1.29, 1.82) is 0 Å². The topological polar surface area (TPSA) is 75.5 Å². The van der Waals surface area contributed by atoms with Crippen LogP contribution in [-0.2, 0) is 0 Å². The molecule has 0 aliphatic rings. The summed E-state index contributed by atoms with van der Waals surface area (Å²) in [4.78, 5) is 29.9. The quantitative estimate of drug-likeness (QED) is 0.567. The summed E-state index contributed by atoms with van der Waals surface area (Å²) < 4.78 is 1.62. The van der Waals surface area contributed by atoms with Crippen molar-refractivity contribution in [3.05, 3.63) is 96.1 Å². The van der Waals surface area contributed by atoms with E-state index in [-0.39, 0.29) is 23.3 Å². The maximum atomic E-state index is 12.8. The maximum absolute atomic E-state index is 12.8. The number of benzene rings is 2. The summed E-state index contributed by atoms with van der Waals surface area (Å²) in [6.45, 7) is 1.95. The Balaban J connectivity index is 1.68. The Morgan fingerprint density at radius 1 is 0.821 bits per heavy atom. The average Bonchev–Trinajstić information content (AvgIpc) is 3.09. The highest BCUT2D eigenvalue weighted by atomic mass is 16.2. The van der Waals surface area contributed by atoms with Crippen molar-refractivity contribution < 1.29 is 9.59 Å². The number of aromatic nitrogens is 2. The van der Waals surface area contributed by atoms with Crippen molar-refractivity contribution in [3.63, 3.8) is 0 Å². The third kappa shape index (κ3) is 3.48. The Labute approximate surface area is 161 Å². The Kier molecular flexibility index (Phi) is 4.60. The highest BCUT2D eigenvalue weighted by molar-refractivity contribution is 6.10. The monoisotopic (exact) mass is 370 g/mol. The summed E-state index contributed by atoms with van der Waals surface area (Å²) >= 11 is 0. The second-order valence-corrected chi connectivity index (χ2v) is 6.38. The molecule has 2 aromatic heterocycles. The van der Waals surface area contributed by atoms with Gasteiger partial charge in [0, 0.05) is 17.6 Å². The van der Waals surface area contributed by atoms with Gasteiger partial charge in [0.2, 0.25) is 5.82 Å². The standard InChI is InChI=1S/C22H18N4O2/c1-15-8-7-11-17(14-15)24-22(28)20-25-19(18-12-5-6-13-26(18)20)21(27)23-16-9-3-2-4-10-16/h2-14H,1H3,(H,23,27)(H,24,28). The molecule has 2 aromatic carbocycles. The number of para-hydroxylation sites is 1. The number of carbonyl (C=O) groups excluding carboxylic acids is 2. The second-order valence-electron chi connectivity index (χ2n) is 6.38.